The Morgan fingerprint density at radius 3 is 2.16 bits per heavy atom. The molecule has 1 atom stereocenters. The SMILES string of the molecule is CC1CC=C(NC(=O)OC(C)(C)C)SN=C1/C(=N/OC(C)(C)C(=O)OC(C)(C)C)C(=O)O. The Bertz CT molecular complexity index is 833. The molecule has 0 bridgehead atoms. The molecule has 11 heteroatoms. The number of allylic oxidation sites excluding steroid dienone is 1. The Kier molecular flexibility index (Phi) is 8.90. The highest BCUT2D eigenvalue weighted by molar-refractivity contribution is 8.02. The summed E-state index contributed by atoms with van der Waals surface area (Å²) in [7, 11) is 0. The fourth-order valence-corrected chi connectivity index (χ4v) is 2.93. The van der Waals surface area contributed by atoms with Gasteiger partial charge < -0.3 is 19.4 Å². The minimum atomic E-state index is -1.52. The van der Waals surface area contributed by atoms with Crippen molar-refractivity contribution >= 4 is 41.4 Å². The Morgan fingerprint density at radius 1 is 1.09 bits per heavy atom. The van der Waals surface area contributed by atoms with E-state index in [-0.39, 0.29) is 11.6 Å². The van der Waals surface area contributed by atoms with Crippen LogP contribution in [0.25, 0.3) is 0 Å². The smallest absolute Gasteiger partial charge is 0.412 e. The maximum absolute atomic E-state index is 12.3. The van der Waals surface area contributed by atoms with Crippen LogP contribution in [0.15, 0.2) is 20.7 Å². The fourth-order valence-electron chi connectivity index (χ4n) is 2.17. The standard InChI is InChI=1S/C21H33N3O7S/c1-12-10-11-13(22-18(28)30-20(5,6)7)32-24-14(12)15(16(25)26)23-31-21(8,9)17(27)29-19(2,3)4/h11-12H,10H2,1-9H3,(H,22,28)(H,25,26)/b23-15-. The van der Waals surface area contributed by atoms with Gasteiger partial charge in [0.05, 0.1) is 10.7 Å². The van der Waals surface area contributed by atoms with E-state index in [1.165, 1.54) is 13.8 Å². The van der Waals surface area contributed by atoms with E-state index in [0.717, 1.165) is 11.9 Å². The van der Waals surface area contributed by atoms with Crippen molar-refractivity contribution in [1.29, 1.82) is 0 Å². The van der Waals surface area contributed by atoms with E-state index in [2.05, 4.69) is 14.9 Å². The number of carbonyl (C=O) groups excluding carboxylic acids is 2. The number of esters is 1. The topological polar surface area (TPSA) is 136 Å². The lowest BCUT2D eigenvalue weighted by molar-refractivity contribution is -0.179. The summed E-state index contributed by atoms with van der Waals surface area (Å²) in [5.41, 5.74) is -3.20. The predicted octanol–water partition coefficient (Wildman–Crippen LogP) is 4.06. The third kappa shape index (κ3) is 9.29. The van der Waals surface area contributed by atoms with Crippen LogP contribution in [0, 0.1) is 5.92 Å². The Balaban J connectivity index is 3.03. The molecular weight excluding hydrogens is 438 g/mol. The first-order valence-electron chi connectivity index (χ1n) is 10.1. The number of carboxylic acids is 1. The summed E-state index contributed by atoms with van der Waals surface area (Å²) < 4.78 is 14.8. The van der Waals surface area contributed by atoms with Crippen molar-refractivity contribution in [1.82, 2.24) is 5.32 Å². The van der Waals surface area contributed by atoms with E-state index in [4.69, 9.17) is 14.3 Å². The quantitative estimate of drug-likeness (QED) is 0.256. The van der Waals surface area contributed by atoms with Crippen molar-refractivity contribution in [2.45, 2.75) is 85.5 Å². The van der Waals surface area contributed by atoms with E-state index in [0.29, 0.717) is 11.4 Å². The molecule has 1 unspecified atom stereocenters. The third-order valence-corrected chi connectivity index (χ3v) is 4.44. The second kappa shape index (κ2) is 10.4. The first kappa shape index (κ1) is 27.5. The zero-order valence-electron chi connectivity index (χ0n) is 20.1. The minimum absolute atomic E-state index is 0.153. The lowest BCUT2D eigenvalue weighted by Gasteiger charge is -2.26. The van der Waals surface area contributed by atoms with Crippen LogP contribution < -0.4 is 5.32 Å². The van der Waals surface area contributed by atoms with Crippen LogP contribution in [-0.2, 0) is 23.9 Å². The van der Waals surface area contributed by atoms with Gasteiger partial charge in [-0.15, -0.1) is 0 Å². The number of carboxylic acid groups (broad SMARTS) is 1. The number of hydrogen-bond donors (Lipinski definition) is 2. The van der Waals surface area contributed by atoms with Crippen molar-refractivity contribution in [3.63, 3.8) is 0 Å². The monoisotopic (exact) mass is 471 g/mol. The van der Waals surface area contributed by atoms with Crippen molar-refractivity contribution < 1.29 is 33.8 Å². The molecule has 1 amide bonds. The van der Waals surface area contributed by atoms with Gasteiger partial charge in [-0.25, -0.2) is 18.8 Å². The highest BCUT2D eigenvalue weighted by atomic mass is 32.2. The van der Waals surface area contributed by atoms with Crippen LogP contribution in [0.2, 0.25) is 0 Å². The Morgan fingerprint density at radius 2 is 1.66 bits per heavy atom. The molecule has 180 valence electrons. The summed E-state index contributed by atoms with van der Waals surface area (Å²) >= 11 is 0.889. The molecular formula is C21H33N3O7S. The van der Waals surface area contributed by atoms with Gasteiger partial charge in [-0.3, -0.25) is 5.32 Å². The van der Waals surface area contributed by atoms with Gasteiger partial charge >= 0.3 is 18.0 Å². The van der Waals surface area contributed by atoms with Crippen LogP contribution >= 0.6 is 11.9 Å². The molecule has 0 saturated heterocycles. The number of carbonyl (C=O) groups is 3. The number of rotatable bonds is 6. The number of amides is 1. The van der Waals surface area contributed by atoms with Crippen LogP contribution in [0.3, 0.4) is 0 Å². The van der Waals surface area contributed by atoms with Crippen LogP contribution in [0.1, 0.15) is 68.7 Å². The normalized spacial score (nSPS) is 18.0. The van der Waals surface area contributed by atoms with Gasteiger partial charge in [-0.05, 0) is 61.8 Å². The van der Waals surface area contributed by atoms with E-state index in [1.54, 1.807) is 54.5 Å². The number of hydrogen-bond acceptors (Lipinski definition) is 9. The fraction of sp³-hybridized carbons (Fsp3) is 0.667. The van der Waals surface area contributed by atoms with Gasteiger partial charge in [0, 0.05) is 17.9 Å². The third-order valence-electron chi connectivity index (χ3n) is 3.69. The molecule has 2 N–H and O–H groups in total. The average Bonchev–Trinajstić information content (AvgIpc) is 2.74. The number of nitrogens with one attached hydrogen (secondary N) is 1. The molecule has 0 fully saturated rings. The molecule has 0 aliphatic carbocycles. The maximum Gasteiger partial charge on any atom is 0.412 e. The highest BCUT2D eigenvalue weighted by Gasteiger charge is 2.36. The van der Waals surface area contributed by atoms with E-state index >= 15 is 0 Å². The van der Waals surface area contributed by atoms with Gasteiger partial charge in [-0.2, -0.15) is 0 Å². The second-order valence-corrected chi connectivity index (χ2v) is 10.6. The van der Waals surface area contributed by atoms with E-state index in [9.17, 15) is 19.5 Å². The number of alkyl carbamates (subject to hydrolysis) is 1. The highest BCUT2D eigenvalue weighted by Crippen LogP contribution is 2.25. The molecule has 0 spiro atoms. The molecule has 0 aromatic rings. The van der Waals surface area contributed by atoms with Crippen molar-refractivity contribution in [2.75, 3.05) is 0 Å². The zero-order chi connectivity index (χ0) is 24.9. The van der Waals surface area contributed by atoms with Crippen molar-refractivity contribution in [3.8, 4) is 0 Å². The largest absolute Gasteiger partial charge is 0.476 e. The molecule has 0 radical (unpaired) electrons. The number of ether oxygens (including phenoxy) is 2. The van der Waals surface area contributed by atoms with Gasteiger partial charge in [0.15, 0.2) is 0 Å². The molecule has 1 heterocycles. The minimum Gasteiger partial charge on any atom is -0.476 e. The maximum atomic E-state index is 12.3. The van der Waals surface area contributed by atoms with Crippen molar-refractivity contribution in [3.05, 3.63) is 11.1 Å². The summed E-state index contributed by atoms with van der Waals surface area (Å²) in [6.07, 6.45) is 1.47. The van der Waals surface area contributed by atoms with E-state index < -0.39 is 40.5 Å². The zero-order valence-corrected chi connectivity index (χ0v) is 20.9. The molecule has 0 aromatic heterocycles. The molecule has 1 aliphatic rings. The second-order valence-electron chi connectivity index (χ2n) is 9.75. The molecule has 10 nitrogen and oxygen atoms in total. The van der Waals surface area contributed by atoms with Crippen LogP contribution in [0.5, 0.6) is 0 Å². The Labute approximate surface area is 193 Å². The number of aliphatic carboxylic acids is 1. The van der Waals surface area contributed by atoms with Gasteiger partial charge in [0.1, 0.15) is 11.2 Å². The molecule has 1 rings (SSSR count). The lowest BCUT2D eigenvalue weighted by atomic mass is 9.98. The Hall–Kier alpha value is -2.56. The summed E-state index contributed by atoms with van der Waals surface area (Å²) in [5.74, 6) is -2.39. The van der Waals surface area contributed by atoms with Crippen LogP contribution in [0.4, 0.5) is 4.79 Å². The molecule has 0 saturated carbocycles. The number of nitrogens with zero attached hydrogens (tertiary/aromatic N) is 2. The van der Waals surface area contributed by atoms with Gasteiger partial charge in [-0.1, -0.05) is 18.2 Å². The number of oxime groups is 1. The lowest BCUT2D eigenvalue weighted by Crippen LogP contribution is -2.40. The summed E-state index contributed by atoms with van der Waals surface area (Å²) in [4.78, 5) is 41.5. The first-order valence-corrected chi connectivity index (χ1v) is 10.9. The van der Waals surface area contributed by atoms with Gasteiger partial charge in [0.25, 0.3) is 0 Å². The molecule has 32 heavy (non-hydrogen) atoms. The van der Waals surface area contributed by atoms with Crippen LogP contribution in [-0.4, -0.2) is 51.4 Å². The molecule has 0 aromatic carbocycles. The van der Waals surface area contributed by atoms with Gasteiger partial charge in [0.2, 0.25) is 11.3 Å². The predicted molar refractivity (Wildman–Crippen MR) is 122 cm³/mol. The molecule has 1 aliphatic heterocycles. The summed E-state index contributed by atoms with van der Waals surface area (Å²) in [5, 5.41) is 16.4. The van der Waals surface area contributed by atoms with Crippen molar-refractivity contribution in [2.24, 2.45) is 15.5 Å². The summed E-state index contributed by atoms with van der Waals surface area (Å²) in [6.45, 7) is 15.0. The first-order chi connectivity index (χ1) is 14.4. The van der Waals surface area contributed by atoms with E-state index in [1.807, 2.05) is 0 Å². The summed E-state index contributed by atoms with van der Waals surface area (Å²) in [6, 6.07) is 0. The average molecular weight is 472 g/mol.